The lowest BCUT2D eigenvalue weighted by Gasteiger charge is -2.39. The lowest BCUT2D eigenvalue weighted by Crippen LogP contribution is -2.42. The number of carbonyl (C=O) groups is 2. The maximum Gasteiger partial charge on any atom is 0.319 e. The molecule has 2 unspecified atom stereocenters. The van der Waals surface area contributed by atoms with Gasteiger partial charge in [0.2, 0.25) is 5.95 Å². The first kappa shape index (κ1) is 42.4. The lowest BCUT2D eigenvalue weighted by atomic mass is 9.97. The van der Waals surface area contributed by atoms with Crippen LogP contribution in [-0.2, 0) is 35.3 Å². The van der Waals surface area contributed by atoms with Crippen LogP contribution in [0.4, 0.5) is 38.5 Å². The molecule has 9 heterocycles. The summed E-state index contributed by atoms with van der Waals surface area (Å²) in [6.07, 6.45) is 9.82. The van der Waals surface area contributed by atoms with Gasteiger partial charge in [0.15, 0.2) is 17.5 Å². The predicted molar refractivity (Wildman–Crippen MR) is 253 cm³/mol. The van der Waals surface area contributed by atoms with Crippen molar-refractivity contribution in [1.29, 1.82) is 0 Å². The number of imidazole rings is 1. The van der Waals surface area contributed by atoms with Crippen molar-refractivity contribution in [3.8, 4) is 34.3 Å². The minimum absolute atomic E-state index is 0.113. The van der Waals surface area contributed by atoms with Gasteiger partial charge < -0.3 is 50.0 Å². The zero-order valence-electron chi connectivity index (χ0n) is 37.4. The van der Waals surface area contributed by atoms with E-state index in [4.69, 9.17) is 34.4 Å². The molecule has 2 aromatic carbocycles. The molecule has 2 atom stereocenters. The molecule has 4 amide bonds. The third kappa shape index (κ3) is 8.67. The van der Waals surface area contributed by atoms with Gasteiger partial charge in [-0.05, 0) is 80.8 Å². The molecule has 344 valence electrons. The maximum absolute atomic E-state index is 13.2. The van der Waals surface area contributed by atoms with Crippen LogP contribution in [-0.4, -0.2) is 123 Å². The van der Waals surface area contributed by atoms with Crippen molar-refractivity contribution >= 4 is 41.0 Å². The molecule has 5 aliphatic heterocycles. The van der Waals surface area contributed by atoms with Gasteiger partial charge in [0.1, 0.15) is 17.3 Å². The number of nitrogens with zero attached hydrogens (tertiary/aromatic N) is 11. The highest BCUT2D eigenvalue weighted by Gasteiger charge is 2.45. The smallest absolute Gasteiger partial charge is 0.319 e. The van der Waals surface area contributed by atoms with Crippen LogP contribution in [0.5, 0.6) is 0 Å². The number of benzene rings is 2. The molecule has 0 spiro atoms. The topological polar surface area (TPSA) is 206 Å². The fourth-order valence-corrected chi connectivity index (χ4v) is 9.92. The van der Waals surface area contributed by atoms with Crippen LogP contribution in [0.15, 0.2) is 73.2 Å². The molecule has 0 aliphatic carbocycles. The maximum atomic E-state index is 13.2. The summed E-state index contributed by atoms with van der Waals surface area (Å²) >= 11 is 0. The Kier molecular flexibility index (Phi) is 11.7. The van der Waals surface area contributed by atoms with Crippen LogP contribution in [0.3, 0.4) is 0 Å². The first-order valence-corrected chi connectivity index (χ1v) is 23.3. The second kappa shape index (κ2) is 18.6. The average molecular weight is 904 g/mol. The number of aryl methyl sites for hydroxylation is 1. The number of urea groups is 2. The summed E-state index contributed by atoms with van der Waals surface area (Å²) in [6.45, 7) is 9.12. The van der Waals surface area contributed by atoms with Crippen molar-refractivity contribution in [2.75, 3.05) is 91.0 Å². The Morgan fingerprint density at radius 2 is 1.34 bits per heavy atom. The van der Waals surface area contributed by atoms with Crippen LogP contribution in [0.2, 0.25) is 0 Å². The molecular formula is C48H53N15O4. The molecule has 6 aromatic rings. The number of hydrogen-bond acceptors (Lipinski definition) is 14. The first-order valence-electron chi connectivity index (χ1n) is 23.3. The Balaban J connectivity index is 0.766. The van der Waals surface area contributed by atoms with Gasteiger partial charge in [-0.25, -0.2) is 44.5 Å². The van der Waals surface area contributed by atoms with Gasteiger partial charge in [-0.15, -0.1) is 0 Å². The third-order valence-corrected chi connectivity index (χ3v) is 13.1. The van der Waals surface area contributed by atoms with Gasteiger partial charge in [-0.3, -0.25) is 0 Å². The Labute approximate surface area is 387 Å². The highest BCUT2D eigenvalue weighted by molar-refractivity contribution is 5.90. The van der Waals surface area contributed by atoms with Crippen molar-refractivity contribution in [1.82, 2.24) is 50.1 Å². The van der Waals surface area contributed by atoms with Gasteiger partial charge >= 0.3 is 12.1 Å². The van der Waals surface area contributed by atoms with E-state index < -0.39 is 0 Å². The molecule has 19 heteroatoms. The Morgan fingerprint density at radius 1 is 0.716 bits per heavy atom. The molecular weight excluding hydrogens is 851 g/mol. The van der Waals surface area contributed by atoms with Crippen molar-refractivity contribution in [3.05, 3.63) is 95.7 Å². The summed E-state index contributed by atoms with van der Waals surface area (Å²) in [4.78, 5) is 67.2. The van der Waals surface area contributed by atoms with E-state index >= 15 is 0 Å². The molecule has 67 heavy (non-hydrogen) atoms. The quantitative estimate of drug-likeness (QED) is 0.131. The summed E-state index contributed by atoms with van der Waals surface area (Å²) in [5.74, 6) is 4.66. The van der Waals surface area contributed by atoms with Crippen molar-refractivity contribution < 1.29 is 19.1 Å². The number of fused-ring (bicyclic) bond motifs is 7. The molecule has 11 rings (SSSR count). The summed E-state index contributed by atoms with van der Waals surface area (Å²) in [7, 11) is 0. The van der Waals surface area contributed by atoms with Gasteiger partial charge in [0, 0.05) is 117 Å². The number of aromatic nitrogens is 8. The largest absolute Gasteiger partial charge is 0.378 e. The van der Waals surface area contributed by atoms with Crippen LogP contribution in [0.25, 0.3) is 34.3 Å². The molecule has 5 aliphatic rings. The van der Waals surface area contributed by atoms with Crippen molar-refractivity contribution in [3.63, 3.8) is 0 Å². The number of hydrogen-bond donors (Lipinski definition) is 4. The number of nitrogens with one attached hydrogen (secondary N) is 4. The van der Waals surface area contributed by atoms with E-state index in [0.717, 1.165) is 116 Å². The highest BCUT2D eigenvalue weighted by Crippen LogP contribution is 2.48. The molecule has 19 nitrogen and oxygen atoms in total. The normalized spacial score (nSPS) is 18.4. The summed E-state index contributed by atoms with van der Waals surface area (Å²) in [5, 5.41) is 11.6. The number of rotatable bonds is 11. The van der Waals surface area contributed by atoms with Crippen molar-refractivity contribution in [2.45, 2.75) is 57.7 Å². The predicted octanol–water partition coefficient (Wildman–Crippen LogP) is 5.26. The van der Waals surface area contributed by atoms with Crippen LogP contribution in [0.1, 0.15) is 48.3 Å². The zero-order valence-corrected chi connectivity index (χ0v) is 37.4. The molecule has 0 saturated carbocycles. The fourth-order valence-electron chi connectivity index (χ4n) is 9.92. The van der Waals surface area contributed by atoms with Crippen LogP contribution < -0.4 is 36.0 Å². The number of morpholine rings is 2. The second-order valence-corrected chi connectivity index (χ2v) is 17.3. The van der Waals surface area contributed by atoms with E-state index in [1.54, 1.807) is 0 Å². The van der Waals surface area contributed by atoms with E-state index in [1.165, 1.54) is 5.56 Å². The van der Waals surface area contributed by atoms with Gasteiger partial charge in [-0.1, -0.05) is 0 Å². The van der Waals surface area contributed by atoms with Crippen molar-refractivity contribution in [2.24, 2.45) is 0 Å². The standard InChI is InChI=1S/C48H53N15O4/c1-2-49-47(64)54-32-10-6-31(7-11-32)42-57-40-36(43(58-42)60-20-24-66-25-21-60)15-19-62-29-34(53-45(40)62)14-18-52-48(65)55-33-8-4-30(5-9-33)41-56-37-28-35-12-13-38(63(35)46-50-16-3-17-51-46)39(37)44(59-41)61-22-26-67-27-23-61/h3-11,16-17,29,35,38H,2,12-15,18-28H2,1H3,(H2,49,54,64)(H2,52,55,65). The molecule has 3 fully saturated rings. The Bertz CT molecular complexity index is 2760. The molecule has 0 radical (unpaired) electrons. The molecule has 4 N–H and O–H groups in total. The van der Waals surface area contributed by atoms with E-state index in [-0.39, 0.29) is 24.1 Å². The minimum atomic E-state index is -0.302. The fraction of sp³-hybridized carbons (Fsp3) is 0.396. The lowest BCUT2D eigenvalue weighted by molar-refractivity contribution is 0.122. The van der Waals surface area contributed by atoms with Crippen LogP contribution >= 0.6 is 0 Å². The minimum Gasteiger partial charge on any atom is -0.378 e. The second-order valence-electron chi connectivity index (χ2n) is 17.3. The van der Waals surface area contributed by atoms with Crippen LogP contribution in [0, 0.1) is 0 Å². The monoisotopic (exact) mass is 903 g/mol. The average Bonchev–Trinajstić information content (AvgIpc) is 3.93. The molecule has 3 saturated heterocycles. The van der Waals surface area contributed by atoms with E-state index in [1.807, 2.05) is 73.9 Å². The highest BCUT2D eigenvalue weighted by atomic mass is 16.5. The molecule has 4 aromatic heterocycles. The summed E-state index contributed by atoms with van der Waals surface area (Å²) in [5.41, 5.74) is 8.05. The third-order valence-electron chi connectivity index (χ3n) is 13.1. The Hall–Kier alpha value is -7.25. The first-order chi connectivity index (χ1) is 33.0. The van der Waals surface area contributed by atoms with Gasteiger partial charge in [-0.2, -0.15) is 0 Å². The van der Waals surface area contributed by atoms with Gasteiger partial charge in [0.25, 0.3) is 0 Å². The number of anilines is 5. The van der Waals surface area contributed by atoms with E-state index in [9.17, 15) is 9.59 Å². The van der Waals surface area contributed by atoms with E-state index in [2.05, 4.69) is 56.7 Å². The number of ether oxygens (including phenoxy) is 2. The van der Waals surface area contributed by atoms with Gasteiger partial charge in [0.05, 0.1) is 43.9 Å². The summed E-state index contributed by atoms with van der Waals surface area (Å²) in [6, 6.07) is 17.0. The number of carbonyl (C=O) groups excluding carboxylic acids is 2. The van der Waals surface area contributed by atoms with E-state index in [0.29, 0.717) is 69.0 Å². The summed E-state index contributed by atoms with van der Waals surface area (Å²) < 4.78 is 13.6. The molecule has 2 bridgehead atoms. The number of amides is 4. The zero-order chi connectivity index (χ0) is 45.3. The Morgan fingerprint density at radius 3 is 2.01 bits per heavy atom. The SMILES string of the molecule is CCNC(=O)Nc1ccc(-c2nc3c(c(N4CCOCC4)n2)CCn2cc(CCNC(=O)Nc4ccc(-c5nc6c(c(N7CCOCC7)n5)C5CCC(C6)N5c5ncccn5)cc4)nc2-3)cc1.